The zero-order chi connectivity index (χ0) is 11.3. The van der Waals surface area contributed by atoms with Gasteiger partial charge >= 0.3 is 0 Å². The Bertz CT molecular complexity index is 309. The Kier molecular flexibility index (Phi) is 4.39. The van der Waals surface area contributed by atoms with E-state index >= 15 is 0 Å². The summed E-state index contributed by atoms with van der Waals surface area (Å²) >= 11 is 0. The van der Waals surface area contributed by atoms with Crippen LogP contribution in [0.3, 0.4) is 0 Å². The number of pyridine rings is 1. The summed E-state index contributed by atoms with van der Waals surface area (Å²) in [6, 6.07) is 5.47. The molecule has 1 rings (SSSR count). The molecule has 0 N–H and O–H groups in total. The number of nitrogens with zero attached hydrogens (tertiary/aromatic N) is 1. The maximum Gasteiger partial charge on any atom is 0.217 e. The third-order valence-corrected chi connectivity index (χ3v) is 2.22. The molecule has 1 unspecified atom stereocenters. The predicted octanol–water partition coefficient (Wildman–Crippen LogP) is 1.37. The Morgan fingerprint density at radius 1 is 1.33 bits per heavy atom. The molecular formula is C11H15NO3. The summed E-state index contributed by atoms with van der Waals surface area (Å²) in [5.74, 6) is -0.449. The number of Topliss-reactive ketones (excluding diaryl/α,β-unsaturated/α-hetero) is 1. The van der Waals surface area contributed by atoms with E-state index in [4.69, 9.17) is 9.47 Å². The second kappa shape index (κ2) is 5.58. The molecule has 1 atom stereocenters. The minimum Gasteiger partial charge on any atom is -0.349 e. The number of aromatic nitrogens is 1. The molecule has 0 aromatic carbocycles. The van der Waals surface area contributed by atoms with Crippen LogP contribution < -0.4 is 0 Å². The zero-order valence-corrected chi connectivity index (χ0v) is 9.14. The van der Waals surface area contributed by atoms with Crippen LogP contribution in [0.25, 0.3) is 0 Å². The highest BCUT2D eigenvalue weighted by Gasteiger charge is 2.25. The molecule has 0 spiro atoms. The smallest absolute Gasteiger partial charge is 0.217 e. The normalized spacial score (nSPS) is 12.8. The molecule has 0 aliphatic carbocycles. The van der Waals surface area contributed by atoms with Gasteiger partial charge in [0.2, 0.25) is 6.29 Å². The maximum atomic E-state index is 11.8. The summed E-state index contributed by atoms with van der Waals surface area (Å²) in [6.45, 7) is 1.79. The fourth-order valence-corrected chi connectivity index (χ4v) is 1.31. The van der Waals surface area contributed by atoms with Gasteiger partial charge < -0.3 is 9.47 Å². The number of carbonyl (C=O) groups excluding carboxylic acids is 1. The van der Waals surface area contributed by atoms with Gasteiger partial charge in [-0.1, -0.05) is 6.07 Å². The highest BCUT2D eigenvalue weighted by molar-refractivity contribution is 5.87. The van der Waals surface area contributed by atoms with E-state index in [1.807, 2.05) is 18.2 Å². The highest BCUT2D eigenvalue weighted by Crippen LogP contribution is 2.16. The Morgan fingerprint density at radius 3 is 2.47 bits per heavy atom. The van der Waals surface area contributed by atoms with E-state index in [2.05, 4.69) is 4.98 Å². The summed E-state index contributed by atoms with van der Waals surface area (Å²) in [6.07, 6.45) is 0.843. The lowest BCUT2D eigenvalue weighted by molar-refractivity contribution is -0.157. The van der Waals surface area contributed by atoms with Gasteiger partial charge in [0.15, 0.2) is 5.78 Å². The number of ether oxygens (including phenoxy) is 2. The first-order valence-electron chi connectivity index (χ1n) is 4.71. The van der Waals surface area contributed by atoms with Crippen molar-refractivity contribution in [2.75, 3.05) is 14.2 Å². The number of carbonyl (C=O) groups is 1. The molecule has 0 saturated heterocycles. The largest absolute Gasteiger partial charge is 0.349 e. The van der Waals surface area contributed by atoms with Crippen LogP contribution in [0.5, 0.6) is 0 Å². The van der Waals surface area contributed by atoms with E-state index in [1.165, 1.54) is 14.2 Å². The third-order valence-electron chi connectivity index (χ3n) is 2.22. The standard InChI is InChI=1S/C11H15NO3/c1-8(9-6-4-5-7-12-9)10(13)11(14-2)15-3/h4-8,11H,1-3H3. The molecule has 1 heterocycles. The van der Waals surface area contributed by atoms with Crippen molar-refractivity contribution in [2.45, 2.75) is 19.1 Å². The molecule has 0 saturated carbocycles. The zero-order valence-electron chi connectivity index (χ0n) is 9.14. The SMILES string of the molecule is COC(OC)C(=O)C(C)c1ccccn1. The predicted molar refractivity (Wildman–Crippen MR) is 55.5 cm³/mol. The number of hydrogen-bond donors (Lipinski definition) is 0. The van der Waals surface area contributed by atoms with E-state index in [-0.39, 0.29) is 11.7 Å². The molecule has 0 aliphatic heterocycles. The van der Waals surface area contributed by atoms with E-state index in [0.717, 1.165) is 5.69 Å². The molecule has 4 nitrogen and oxygen atoms in total. The molecule has 1 aromatic heterocycles. The van der Waals surface area contributed by atoms with Gasteiger partial charge in [0.1, 0.15) is 0 Å². The van der Waals surface area contributed by atoms with Gasteiger partial charge in [-0.15, -0.1) is 0 Å². The fourth-order valence-electron chi connectivity index (χ4n) is 1.31. The quantitative estimate of drug-likeness (QED) is 0.687. The van der Waals surface area contributed by atoms with Gasteiger partial charge in [-0.2, -0.15) is 0 Å². The van der Waals surface area contributed by atoms with Crippen LogP contribution in [0, 0.1) is 0 Å². The van der Waals surface area contributed by atoms with Gasteiger partial charge in [0.25, 0.3) is 0 Å². The van der Waals surface area contributed by atoms with Crippen LogP contribution in [0.1, 0.15) is 18.5 Å². The van der Waals surface area contributed by atoms with Crippen molar-refractivity contribution in [3.8, 4) is 0 Å². The highest BCUT2D eigenvalue weighted by atomic mass is 16.7. The molecule has 0 radical (unpaired) electrons. The summed E-state index contributed by atoms with van der Waals surface area (Å²) in [5, 5.41) is 0. The van der Waals surface area contributed by atoms with Crippen molar-refractivity contribution in [3.05, 3.63) is 30.1 Å². The van der Waals surface area contributed by atoms with Crippen LogP contribution in [-0.4, -0.2) is 31.3 Å². The first-order chi connectivity index (χ1) is 7.20. The van der Waals surface area contributed by atoms with Gasteiger partial charge in [0, 0.05) is 20.4 Å². The van der Waals surface area contributed by atoms with Gasteiger partial charge in [-0.25, -0.2) is 0 Å². The summed E-state index contributed by atoms with van der Waals surface area (Å²) in [7, 11) is 2.88. The first kappa shape index (κ1) is 11.8. The monoisotopic (exact) mass is 209 g/mol. The maximum absolute atomic E-state index is 11.8. The van der Waals surface area contributed by atoms with Crippen LogP contribution in [-0.2, 0) is 14.3 Å². The van der Waals surface area contributed by atoms with E-state index < -0.39 is 6.29 Å². The average Bonchev–Trinajstić information content (AvgIpc) is 2.30. The Hall–Kier alpha value is -1.26. The minimum absolute atomic E-state index is 0.126. The average molecular weight is 209 g/mol. The summed E-state index contributed by atoms with van der Waals surface area (Å²) in [4.78, 5) is 15.9. The number of ketones is 1. The number of rotatable bonds is 5. The van der Waals surface area contributed by atoms with Crippen LogP contribution in [0.15, 0.2) is 24.4 Å². The van der Waals surface area contributed by atoms with Crippen molar-refractivity contribution >= 4 is 5.78 Å². The molecule has 0 bridgehead atoms. The van der Waals surface area contributed by atoms with Crippen LogP contribution >= 0.6 is 0 Å². The number of methoxy groups -OCH3 is 2. The Balaban J connectivity index is 2.76. The molecular weight excluding hydrogens is 194 g/mol. The van der Waals surface area contributed by atoms with Gasteiger partial charge in [-0.05, 0) is 19.1 Å². The minimum atomic E-state index is -0.818. The topological polar surface area (TPSA) is 48.4 Å². The molecule has 1 aromatic rings. The fraction of sp³-hybridized carbons (Fsp3) is 0.455. The number of hydrogen-bond acceptors (Lipinski definition) is 4. The van der Waals surface area contributed by atoms with Crippen molar-refractivity contribution in [1.29, 1.82) is 0 Å². The van der Waals surface area contributed by atoms with Crippen LogP contribution in [0.4, 0.5) is 0 Å². The van der Waals surface area contributed by atoms with Gasteiger partial charge in [0.05, 0.1) is 11.6 Å². The third kappa shape index (κ3) is 2.84. The lowest BCUT2D eigenvalue weighted by Gasteiger charge is -2.16. The van der Waals surface area contributed by atoms with Crippen molar-refractivity contribution < 1.29 is 14.3 Å². The van der Waals surface area contributed by atoms with Crippen molar-refractivity contribution in [3.63, 3.8) is 0 Å². The molecule has 82 valence electrons. The molecule has 0 amide bonds. The molecule has 4 heteroatoms. The summed E-state index contributed by atoms with van der Waals surface area (Å²) < 4.78 is 9.81. The Labute approximate surface area is 89.2 Å². The van der Waals surface area contributed by atoms with Crippen molar-refractivity contribution in [2.24, 2.45) is 0 Å². The lowest BCUT2D eigenvalue weighted by Crippen LogP contribution is -2.29. The Morgan fingerprint density at radius 2 is 2.00 bits per heavy atom. The van der Waals surface area contributed by atoms with Crippen molar-refractivity contribution in [1.82, 2.24) is 4.98 Å². The van der Waals surface area contributed by atoms with E-state index in [1.54, 1.807) is 13.1 Å². The second-order valence-electron chi connectivity index (χ2n) is 3.18. The molecule has 0 aliphatic rings. The van der Waals surface area contributed by atoms with E-state index in [9.17, 15) is 4.79 Å². The molecule has 15 heavy (non-hydrogen) atoms. The lowest BCUT2D eigenvalue weighted by atomic mass is 10.0. The van der Waals surface area contributed by atoms with Crippen LogP contribution in [0.2, 0.25) is 0 Å². The van der Waals surface area contributed by atoms with E-state index in [0.29, 0.717) is 0 Å². The second-order valence-corrected chi connectivity index (χ2v) is 3.18. The first-order valence-corrected chi connectivity index (χ1v) is 4.71. The van der Waals surface area contributed by atoms with Gasteiger partial charge in [-0.3, -0.25) is 9.78 Å². The molecule has 0 fully saturated rings. The summed E-state index contributed by atoms with van der Waals surface area (Å²) in [5.41, 5.74) is 0.724.